The zero-order valence-corrected chi connectivity index (χ0v) is 16.8. The number of aryl methyl sites for hydroxylation is 2. The minimum Gasteiger partial charge on any atom is -0.408 e. The Kier molecular flexibility index (Phi) is 4.56. The van der Waals surface area contributed by atoms with Gasteiger partial charge in [-0.05, 0) is 25.5 Å². The first-order valence-electron chi connectivity index (χ1n) is 8.57. The summed E-state index contributed by atoms with van der Waals surface area (Å²) in [7, 11) is -3.89. The van der Waals surface area contributed by atoms with Gasteiger partial charge < -0.3 is 4.42 Å². The lowest BCUT2D eigenvalue weighted by Crippen LogP contribution is -2.14. The van der Waals surface area contributed by atoms with Gasteiger partial charge in [0.05, 0.1) is 16.1 Å². The highest BCUT2D eigenvalue weighted by molar-refractivity contribution is 7.93. The summed E-state index contributed by atoms with van der Waals surface area (Å²) in [5.74, 6) is -0.508. The Morgan fingerprint density at radius 1 is 1.21 bits per heavy atom. The largest absolute Gasteiger partial charge is 0.419 e. The van der Waals surface area contributed by atoms with Gasteiger partial charge in [-0.3, -0.25) is 9.29 Å². The van der Waals surface area contributed by atoms with Crippen LogP contribution in [0.3, 0.4) is 0 Å². The summed E-state index contributed by atoms with van der Waals surface area (Å²) < 4.78 is 35.0. The average molecular weight is 415 g/mol. The number of aromatic nitrogens is 2. The van der Waals surface area contributed by atoms with Gasteiger partial charge in [0.15, 0.2) is 10.7 Å². The van der Waals surface area contributed by atoms with Gasteiger partial charge in [-0.2, -0.15) is 0 Å². The molecule has 0 unspecified atom stereocenters. The van der Waals surface area contributed by atoms with Gasteiger partial charge in [0.25, 0.3) is 10.0 Å². The second-order valence-electron chi connectivity index (χ2n) is 6.21. The normalized spacial score (nSPS) is 11.8. The Bertz CT molecular complexity index is 1320. The molecule has 0 bridgehead atoms. The Labute approximate surface area is 165 Å². The van der Waals surface area contributed by atoms with Crippen molar-refractivity contribution in [3.63, 3.8) is 0 Å². The van der Waals surface area contributed by atoms with E-state index in [-0.39, 0.29) is 15.6 Å². The number of sulfonamides is 1. The molecule has 28 heavy (non-hydrogen) atoms. The van der Waals surface area contributed by atoms with Crippen LogP contribution < -0.4 is 10.5 Å². The van der Waals surface area contributed by atoms with Crippen LogP contribution in [-0.2, 0) is 16.6 Å². The molecule has 0 aliphatic carbocycles. The first kappa shape index (κ1) is 18.5. The molecule has 0 atom stereocenters. The van der Waals surface area contributed by atoms with Crippen molar-refractivity contribution in [1.29, 1.82) is 0 Å². The molecule has 0 saturated carbocycles. The predicted octanol–water partition coefficient (Wildman–Crippen LogP) is 3.85. The highest BCUT2D eigenvalue weighted by Gasteiger charge is 2.22. The number of fused-ring (bicyclic) bond motifs is 1. The van der Waals surface area contributed by atoms with Crippen molar-refractivity contribution >= 4 is 37.6 Å². The maximum Gasteiger partial charge on any atom is 0.419 e. The van der Waals surface area contributed by atoms with Crippen molar-refractivity contribution in [2.45, 2.75) is 25.3 Å². The van der Waals surface area contributed by atoms with Crippen LogP contribution in [0, 0.1) is 6.92 Å². The quantitative estimate of drug-likeness (QED) is 0.534. The molecule has 7 nitrogen and oxygen atoms in total. The monoisotopic (exact) mass is 415 g/mol. The molecule has 4 aromatic rings. The van der Waals surface area contributed by atoms with Crippen molar-refractivity contribution in [3.05, 3.63) is 64.0 Å². The summed E-state index contributed by atoms with van der Waals surface area (Å²) in [4.78, 5) is 16.3. The molecule has 0 amide bonds. The van der Waals surface area contributed by atoms with Crippen molar-refractivity contribution < 1.29 is 12.8 Å². The third-order valence-corrected chi connectivity index (χ3v) is 6.73. The number of oxazole rings is 1. The molecule has 0 spiro atoms. The van der Waals surface area contributed by atoms with E-state index in [0.29, 0.717) is 23.3 Å². The lowest BCUT2D eigenvalue weighted by atomic mass is 10.2. The summed E-state index contributed by atoms with van der Waals surface area (Å²) >= 11 is 1.21. The van der Waals surface area contributed by atoms with Gasteiger partial charge in [0, 0.05) is 23.6 Å². The van der Waals surface area contributed by atoms with Crippen LogP contribution in [0.4, 0.5) is 5.13 Å². The Balaban J connectivity index is 1.70. The number of anilines is 1. The van der Waals surface area contributed by atoms with E-state index in [9.17, 15) is 13.2 Å². The zero-order chi connectivity index (χ0) is 19.9. The molecule has 9 heteroatoms. The fourth-order valence-electron chi connectivity index (χ4n) is 3.02. The van der Waals surface area contributed by atoms with Gasteiger partial charge >= 0.3 is 5.76 Å². The lowest BCUT2D eigenvalue weighted by molar-refractivity contribution is 0.512. The molecule has 144 valence electrons. The Morgan fingerprint density at radius 2 is 1.96 bits per heavy atom. The molecule has 2 aromatic carbocycles. The summed E-state index contributed by atoms with van der Waals surface area (Å²) in [6, 6.07) is 12.5. The predicted molar refractivity (Wildman–Crippen MR) is 109 cm³/mol. The molecule has 2 aromatic heterocycles. The van der Waals surface area contributed by atoms with Gasteiger partial charge in [-0.15, -0.1) is 11.3 Å². The van der Waals surface area contributed by atoms with Gasteiger partial charge in [0.1, 0.15) is 0 Å². The first-order valence-corrected chi connectivity index (χ1v) is 10.9. The number of rotatable bonds is 5. The number of benzene rings is 2. The molecule has 0 radical (unpaired) electrons. The number of hydrogen-bond donors (Lipinski definition) is 1. The zero-order valence-electron chi connectivity index (χ0n) is 15.2. The fraction of sp³-hybridized carbons (Fsp3) is 0.158. The molecule has 2 heterocycles. The number of nitrogens with zero attached hydrogens (tertiary/aromatic N) is 2. The molecule has 0 aliphatic rings. The molecule has 4 rings (SSSR count). The van der Waals surface area contributed by atoms with Crippen molar-refractivity contribution in [2.75, 3.05) is 4.72 Å². The maximum atomic E-state index is 12.9. The van der Waals surface area contributed by atoms with Crippen LogP contribution in [0.25, 0.3) is 22.4 Å². The Morgan fingerprint density at radius 3 is 2.68 bits per heavy atom. The van der Waals surface area contributed by atoms with Gasteiger partial charge in [-0.25, -0.2) is 18.2 Å². The lowest BCUT2D eigenvalue weighted by Gasteiger charge is -2.08. The van der Waals surface area contributed by atoms with E-state index in [1.54, 1.807) is 18.4 Å². The van der Waals surface area contributed by atoms with Gasteiger partial charge in [-0.1, -0.05) is 30.3 Å². The fourth-order valence-corrected chi connectivity index (χ4v) is 5.23. The smallest absolute Gasteiger partial charge is 0.408 e. The SMILES string of the molecule is CCn1c(=O)oc2cc(S(=O)(=O)Nc3nc(-c4ccccc4)cs3)c(C)cc21. The molecule has 1 N–H and O–H groups in total. The standard InChI is InChI=1S/C19H17N3O4S2/c1-3-22-15-9-12(2)17(10-16(15)26-19(22)23)28(24,25)21-18-20-14(11-27-18)13-7-5-4-6-8-13/h4-11H,3H2,1-2H3,(H,20,21). The minimum absolute atomic E-state index is 0.0495. The molecule has 0 saturated heterocycles. The summed E-state index contributed by atoms with van der Waals surface area (Å²) in [5.41, 5.74) is 2.93. The second-order valence-corrected chi connectivity index (χ2v) is 8.72. The van der Waals surface area contributed by atoms with Crippen LogP contribution in [0.1, 0.15) is 12.5 Å². The summed E-state index contributed by atoms with van der Waals surface area (Å²) in [6.45, 7) is 3.95. The summed E-state index contributed by atoms with van der Waals surface area (Å²) in [6.07, 6.45) is 0. The van der Waals surface area contributed by atoms with Crippen molar-refractivity contribution in [3.8, 4) is 11.3 Å². The van der Waals surface area contributed by atoms with E-state index in [4.69, 9.17) is 4.42 Å². The number of nitrogens with one attached hydrogen (secondary N) is 1. The van der Waals surface area contributed by atoms with E-state index >= 15 is 0 Å². The van der Waals surface area contributed by atoms with E-state index in [1.165, 1.54) is 22.0 Å². The van der Waals surface area contributed by atoms with Crippen LogP contribution in [0.15, 0.2) is 62.0 Å². The number of hydrogen-bond acceptors (Lipinski definition) is 6. The van der Waals surface area contributed by atoms with Crippen LogP contribution in [-0.4, -0.2) is 18.0 Å². The van der Waals surface area contributed by atoms with Crippen LogP contribution in [0.2, 0.25) is 0 Å². The van der Waals surface area contributed by atoms with Crippen molar-refractivity contribution in [2.24, 2.45) is 0 Å². The molecular weight excluding hydrogens is 398 g/mol. The van der Waals surface area contributed by atoms with Crippen LogP contribution in [0.5, 0.6) is 0 Å². The molecular formula is C19H17N3O4S2. The Hall–Kier alpha value is -2.91. The van der Waals surface area contributed by atoms with Crippen LogP contribution >= 0.6 is 11.3 Å². The second kappa shape index (κ2) is 6.92. The first-order chi connectivity index (χ1) is 13.4. The summed E-state index contributed by atoms with van der Waals surface area (Å²) in [5, 5.41) is 2.06. The third kappa shape index (κ3) is 3.23. The van der Waals surface area contributed by atoms with E-state index in [0.717, 1.165) is 5.56 Å². The highest BCUT2D eigenvalue weighted by Crippen LogP contribution is 2.28. The topological polar surface area (TPSA) is 94.2 Å². The van der Waals surface area contributed by atoms with Crippen molar-refractivity contribution in [1.82, 2.24) is 9.55 Å². The average Bonchev–Trinajstić information content (AvgIpc) is 3.24. The number of thiazole rings is 1. The van der Waals surface area contributed by atoms with E-state index < -0.39 is 15.8 Å². The van der Waals surface area contributed by atoms with Gasteiger partial charge in [0.2, 0.25) is 0 Å². The molecule has 0 aliphatic heterocycles. The third-order valence-electron chi connectivity index (χ3n) is 4.37. The highest BCUT2D eigenvalue weighted by atomic mass is 32.2. The maximum absolute atomic E-state index is 12.9. The van der Waals surface area contributed by atoms with E-state index in [2.05, 4.69) is 9.71 Å². The van der Waals surface area contributed by atoms with E-state index in [1.807, 2.05) is 37.3 Å². The molecule has 0 fully saturated rings. The minimum atomic E-state index is -3.89.